The topological polar surface area (TPSA) is 41.6 Å². The molecule has 0 radical (unpaired) electrons. The standard InChI is InChI=1S/C11H9ClFN3/c12-9-5-7(13)3-4-8(9)11-14-10(15-16-11)6-1-2-6/h3-6H,1-2H2,(H,14,15,16). The van der Waals surface area contributed by atoms with Crippen LogP contribution in [-0.2, 0) is 0 Å². The van der Waals surface area contributed by atoms with E-state index in [1.807, 2.05) is 0 Å². The molecule has 0 unspecified atom stereocenters. The van der Waals surface area contributed by atoms with Gasteiger partial charge in [-0.2, -0.15) is 5.10 Å². The van der Waals surface area contributed by atoms with E-state index in [1.165, 1.54) is 12.1 Å². The SMILES string of the molecule is Fc1ccc(-c2n[nH]c(C3CC3)n2)c(Cl)c1. The summed E-state index contributed by atoms with van der Waals surface area (Å²) in [5.74, 6) is 1.59. The lowest BCUT2D eigenvalue weighted by Crippen LogP contribution is -1.84. The lowest BCUT2D eigenvalue weighted by molar-refractivity contribution is 0.628. The molecule has 0 aliphatic heterocycles. The Morgan fingerprint density at radius 3 is 2.88 bits per heavy atom. The van der Waals surface area contributed by atoms with Gasteiger partial charge in [0.05, 0.1) is 5.02 Å². The number of halogens is 2. The Bertz CT molecular complexity index is 534. The molecule has 1 heterocycles. The zero-order valence-electron chi connectivity index (χ0n) is 8.37. The second kappa shape index (κ2) is 3.56. The van der Waals surface area contributed by atoms with Crippen molar-refractivity contribution in [1.29, 1.82) is 0 Å². The maximum atomic E-state index is 12.9. The number of nitrogens with one attached hydrogen (secondary N) is 1. The van der Waals surface area contributed by atoms with Crippen LogP contribution < -0.4 is 0 Å². The molecule has 0 amide bonds. The molecule has 3 nitrogen and oxygen atoms in total. The van der Waals surface area contributed by atoms with Gasteiger partial charge in [0, 0.05) is 11.5 Å². The molecule has 1 aliphatic rings. The van der Waals surface area contributed by atoms with Crippen LogP contribution in [0.2, 0.25) is 5.02 Å². The van der Waals surface area contributed by atoms with E-state index in [9.17, 15) is 4.39 Å². The van der Waals surface area contributed by atoms with Gasteiger partial charge in [-0.25, -0.2) is 9.37 Å². The number of rotatable bonds is 2. The minimum atomic E-state index is -0.355. The third-order valence-electron chi connectivity index (χ3n) is 2.64. The van der Waals surface area contributed by atoms with Crippen LogP contribution in [0.5, 0.6) is 0 Å². The molecule has 1 fully saturated rings. The lowest BCUT2D eigenvalue weighted by atomic mass is 10.2. The van der Waals surface area contributed by atoms with E-state index >= 15 is 0 Å². The molecular weight excluding hydrogens is 229 g/mol. The van der Waals surface area contributed by atoms with Crippen LogP contribution in [0.3, 0.4) is 0 Å². The van der Waals surface area contributed by atoms with Crippen molar-refractivity contribution >= 4 is 11.6 Å². The summed E-state index contributed by atoms with van der Waals surface area (Å²) in [6.07, 6.45) is 2.32. The molecule has 0 saturated heterocycles. The highest BCUT2D eigenvalue weighted by molar-refractivity contribution is 6.33. The van der Waals surface area contributed by atoms with Gasteiger partial charge in [-0.05, 0) is 31.0 Å². The summed E-state index contributed by atoms with van der Waals surface area (Å²) >= 11 is 5.93. The van der Waals surface area contributed by atoms with E-state index in [2.05, 4.69) is 15.2 Å². The molecular formula is C11H9ClFN3. The number of benzene rings is 1. The third-order valence-corrected chi connectivity index (χ3v) is 2.95. The van der Waals surface area contributed by atoms with Gasteiger partial charge in [-0.15, -0.1) is 0 Å². The van der Waals surface area contributed by atoms with Crippen LogP contribution in [0, 0.1) is 5.82 Å². The van der Waals surface area contributed by atoms with Gasteiger partial charge in [-0.3, -0.25) is 5.10 Å². The van der Waals surface area contributed by atoms with E-state index in [-0.39, 0.29) is 5.82 Å². The fourth-order valence-corrected chi connectivity index (χ4v) is 1.86. The monoisotopic (exact) mass is 237 g/mol. The van der Waals surface area contributed by atoms with E-state index < -0.39 is 0 Å². The number of hydrogen-bond donors (Lipinski definition) is 1. The maximum absolute atomic E-state index is 12.9. The Morgan fingerprint density at radius 1 is 1.38 bits per heavy atom. The molecule has 1 aromatic heterocycles. The Hall–Kier alpha value is -1.42. The second-order valence-electron chi connectivity index (χ2n) is 3.94. The molecule has 1 aromatic carbocycles. The largest absolute Gasteiger partial charge is 0.262 e. The van der Waals surface area contributed by atoms with Gasteiger partial charge in [0.15, 0.2) is 5.82 Å². The quantitative estimate of drug-likeness (QED) is 0.872. The van der Waals surface area contributed by atoms with E-state index in [1.54, 1.807) is 6.07 Å². The first-order chi connectivity index (χ1) is 7.74. The van der Waals surface area contributed by atoms with Crippen LogP contribution in [0.4, 0.5) is 4.39 Å². The zero-order chi connectivity index (χ0) is 11.1. The summed E-state index contributed by atoms with van der Waals surface area (Å²) in [5.41, 5.74) is 0.659. The number of aromatic amines is 1. The fraction of sp³-hybridized carbons (Fsp3) is 0.273. The summed E-state index contributed by atoms with van der Waals surface area (Å²) in [7, 11) is 0. The molecule has 3 rings (SSSR count). The molecule has 1 saturated carbocycles. The highest BCUT2D eigenvalue weighted by atomic mass is 35.5. The van der Waals surface area contributed by atoms with Crippen molar-refractivity contribution in [3.63, 3.8) is 0 Å². The van der Waals surface area contributed by atoms with Crippen molar-refractivity contribution in [3.8, 4) is 11.4 Å². The molecule has 0 bridgehead atoms. The Kier molecular flexibility index (Phi) is 2.17. The van der Waals surface area contributed by atoms with Crippen molar-refractivity contribution in [2.24, 2.45) is 0 Å². The number of nitrogens with zero attached hydrogens (tertiary/aromatic N) is 2. The van der Waals surface area contributed by atoms with E-state index in [4.69, 9.17) is 11.6 Å². The Balaban J connectivity index is 2.00. The first kappa shape index (κ1) is 9.78. The predicted octanol–water partition coefficient (Wildman–Crippen LogP) is 3.14. The first-order valence-corrected chi connectivity index (χ1v) is 5.49. The molecule has 16 heavy (non-hydrogen) atoms. The minimum Gasteiger partial charge on any atom is -0.262 e. The van der Waals surface area contributed by atoms with E-state index in [0.29, 0.717) is 22.3 Å². The highest BCUT2D eigenvalue weighted by Gasteiger charge is 2.27. The van der Waals surface area contributed by atoms with Gasteiger partial charge >= 0.3 is 0 Å². The predicted molar refractivity (Wildman–Crippen MR) is 58.8 cm³/mol. The molecule has 0 atom stereocenters. The van der Waals surface area contributed by atoms with Crippen LogP contribution in [0.15, 0.2) is 18.2 Å². The molecule has 1 N–H and O–H groups in total. The minimum absolute atomic E-state index is 0.335. The molecule has 5 heteroatoms. The lowest BCUT2D eigenvalue weighted by Gasteiger charge is -1.98. The van der Waals surface area contributed by atoms with Gasteiger partial charge in [0.2, 0.25) is 0 Å². The smallest absolute Gasteiger partial charge is 0.182 e. The van der Waals surface area contributed by atoms with Crippen molar-refractivity contribution in [3.05, 3.63) is 34.9 Å². The fourth-order valence-electron chi connectivity index (χ4n) is 1.60. The van der Waals surface area contributed by atoms with Gasteiger partial charge in [0.25, 0.3) is 0 Å². The normalized spacial score (nSPS) is 15.4. The van der Waals surface area contributed by atoms with Gasteiger partial charge in [-0.1, -0.05) is 11.6 Å². The van der Waals surface area contributed by atoms with Gasteiger partial charge in [0.1, 0.15) is 11.6 Å². The van der Waals surface area contributed by atoms with Crippen molar-refractivity contribution in [2.75, 3.05) is 0 Å². The van der Waals surface area contributed by atoms with Gasteiger partial charge < -0.3 is 0 Å². The highest BCUT2D eigenvalue weighted by Crippen LogP contribution is 2.38. The summed E-state index contributed by atoms with van der Waals surface area (Å²) in [4.78, 5) is 4.36. The number of hydrogen-bond acceptors (Lipinski definition) is 2. The molecule has 82 valence electrons. The van der Waals surface area contributed by atoms with Crippen molar-refractivity contribution < 1.29 is 4.39 Å². The molecule has 0 spiro atoms. The average Bonchev–Trinajstić information content (AvgIpc) is 2.98. The summed E-state index contributed by atoms with van der Waals surface area (Å²) in [6, 6.07) is 4.22. The van der Waals surface area contributed by atoms with Crippen LogP contribution in [0.25, 0.3) is 11.4 Å². The Labute approximate surface area is 96.7 Å². The summed E-state index contributed by atoms with van der Waals surface area (Å²) < 4.78 is 12.9. The maximum Gasteiger partial charge on any atom is 0.182 e. The third kappa shape index (κ3) is 1.69. The average molecular weight is 238 g/mol. The number of aromatic nitrogens is 3. The Morgan fingerprint density at radius 2 is 2.19 bits per heavy atom. The van der Waals surface area contributed by atoms with E-state index in [0.717, 1.165) is 18.7 Å². The summed E-state index contributed by atoms with van der Waals surface area (Å²) in [5, 5.41) is 7.32. The first-order valence-electron chi connectivity index (χ1n) is 5.12. The number of H-pyrrole nitrogens is 1. The van der Waals surface area contributed by atoms with Crippen LogP contribution >= 0.6 is 11.6 Å². The van der Waals surface area contributed by atoms with Crippen molar-refractivity contribution in [2.45, 2.75) is 18.8 Å². The molecule has 2 aromatic rings. The molecule has 1 aliphatic carbocycles. The zero-order valence-corrected chi connectivity index (χ0v) is 9.13. The van der Waals surface area contributed by atoms with Crippen molar-refractivity contribution in [1.82, 2.24) is 15.2 Å². The second-order valence-corrected chi connectivity index (χ2v) is 4.35. The van der Waals surface area contributed by atoms with Crippen LogP contribution in [0.1, 0.15) is 24.6 Å². The summed E-state index contributed by atoms with van der Waals surface area (Å²) in [6.45, 7) is 0. The van der Waals surface area contributed by atoms with Crippen LogP contribution in [-0.4, -0.2) is 15.2 Å².